The predicted molar refractivity (Wildman–Crippen MR) is 162 cm³/mol. The molecular weight excluding hydrogens is 484 g/mol. The molecule has 3 rings (SSSR count). The number of hydrogen-bond acceptors (Lipinski definition) is 3. The van der Waals surface area contributed by atoms with Crippen LogP contribution in [0.5, 0.6) is 5.75 Å². The fourth-order valence-electron chi connectivity index (χ4n) is 4.32. The molecule has 0 radical (unpaired) electrons. The van der Waals surface area contributed by atoms with Gasteiger partial charge in [-0.3, -0.25) is 0 Å². The number of carboxylic acids is 1. The fourth-order valence-corrected chi connectivity index (χ4v) is 4.32. The van der Waals surface area contributed by atoms with Crippen molar-refractivity contribution in [3.63, 3.8) is 0 Å². The number of carboxylic acid groups (broad SMARTS) is 1. The quantitative estimate of drug-likeness (QED) is 0.287. The van der Waals surface area contributed by atoms with Gasteiger partial charge in [-0.15, -0.1) is 0 Å². The Morgan fingerprint density at radius 3 is 1.90 bits per heavy atom. The van der Waals surface area contributed by atoms with Gasteiger partial charge >= 0.3 is 5.97 Å². The third-order valence-corrected chi connectivity index (χ3v) is 6.97. The highest BCUT2D eigenvalue weighted by atomic mass is 16.5. The van der Waals surface area contributed by atoms with E-state index < -0.39 is 12.1 Å². The van der Waals surface area contributed by atoms with Gasteiger partial charge in [0.1, 0.15) is 12.4 Å². The molecule has 0 aliphatic carbocycles. The molecule has 0 saturated carbocycles. The molecule has 0 saturated heterocycles. The second-order valence-electron chi connectivity index (χ2n) is 12.2. The van der Waals surface area contributed by atoms with E-state index in [1.54, 1.807) is 6.92 Å². The van der Waals surface area contributed by atoms with Gasteiger partial charge in [-0.1, -0.05) is 96.1 Å². The molecule has 0 aromatic heterocycles. The number of hydrogen-bond donors (Lipinski definition) is 1. The molecule has 0 fully saturated rings. The van der Waals surface area contributed by atoms with Gasteiger partial charge in [-0.2, -0.15) is 0 Å². The van der Waals surface area contributed by atoms with E-state index in [0.29, 0.717) is 19.6 Å². The van der Waals surface area contributed by atoms with Crippen LogP contribution in [-0.4, -0.2) is 30.4 Å². The summed E-state index contributed by atoms with van der Waals surface area (Å²) in [6.07, 6.45) is 1.58. The van der Waals surface area contributed by atoms with Gasteiger partial charge in [0, 0.05) is 13.0 Å². The highest BCUT2D eigenvalue weighted by Crippen LogP contribution is 2.34. The lowest BCUT2D eigenvalue weighted by molar-refractivity contribution is -0.149. The summed E-state index contributed by atoms with van der Waals surface area (Å²) in [4.78, 5) is 11.3. The van der Waals surface area contributed by atoms with Crippen LogP contribution < -0.4 is 4.74 Å². The standard InChI is InChI=1S/C35H44O4/c1-9-38-32(33(36)37)20-25-10-16-31(17-11-25)39-19-18-24(2)26-12-14-27(15-13-26)28-21-29(34(3,4)5)23-30(22-28)35(6,7)8/h10-18,21-23,32H,9,19-20H2,1-8H3,(H,36,37)/b24-18-/t32-/m0/s1. The SMILES string of the molecule is CCO[C@@H](Cc1ccc(OC/C=C(/C)c2ccc(-c3cc(C(C)(C)C)cc(C(C)(C)C)c3)cc2)cc1)C(=O)O. The Morgan fingerprint density at radius 1 is 0.846 bits per heavy atom. The minimum atomic E-state index is -0.945. The molecule has 4 nitrogen and oxygen atoms in total. The van der Waals surface area contributed by atoms with E-state index in [1.165, 1.54) is 22.3 Å². The van der Waals surface area contributed by atoms with Crippen molar-refractivity contribution in [1.29, 1.82) is 0 Å². The molecule has 0 aliphatic heterocycles. The normalized spacial score (nSPS) is 13.3. The lowest BCUT2D eigenvalue weighted by Crippen LogP contribution is -2.26. The van der Waals surface area contributed by atoms with Crippen LogP contribution in [0.15, 0.2) is 72.8 Å². The second kappa shape index (κ2) is 12.7. The largest absolute Gasteiger partial charge is 0.490 e. The summed E-state index contributed by atoms with van der Waals surface area (Å²) in [5.74, 6) is -0.200. The first kappa shape index (κ1) is 30.2. The summed E-state index contributed by atoms with van der Waals surface area (Å²) >= 11 is 0. The second-order valence-corrected chi connectivity index (χ2v) is 12.2. The summed E-state index contributed by atoms with van der Waals surface area (Å²) < 4.78 is 11.2. The average Bonchev–Trinajstić information content (AvgIpc) is 2.88. The maximum atomic E-state index is 11.3. The fraction of sp³-hybridized carbons (Fsp3) is 0.400. The van der Waals surface area contributed by atoms with E-state index in [9.17, 15) is 9.90 Å². The number of rotatable bonds is 10. The molecule has 208 valence electrons. The van der Waals surface area contributed by atoms with Crippen LogP contribution in [0.3, 0.4) is 0 Å². The number of carbonyl (C=O) groups is 1. The molecule has 0 spiro atoms. The highest BCUT2D eigenvalue weighted by Gasteiger charge is 2.21. The van der Waals surface area contributed by atoms with Gasteiger partial charge < -0.3 is 14.6 Å². The van der Waals surface area contributed by atoms with Crippen molar-refractivity contribution in [3.8, 4) is 16.9 Å². The van der Waals surface area contributed by atoms with Crippen LogP contribution in [0.4, 0.5) is 0 Å². The van der Waals surface area contributed by atoms with Gasteiger partial charge in [0.05, 0.1) is 0 Å². The van der Waals surface area contributed by atoms with Gasteiger partial charge in [0.2, 0.25) is 0 Å². The Bertz CT molecular complexity index is 1240. The van der Waals surface area contributed by atoms with E-state index in [1.807, 2.05) is 24.3 Å². The first-order valence-electron chi connectivity index (χ1n) is 13.8. The number of allylic oxidation sites excluding steroid dienone is 1. The van der Waals surface area contributed by atoms with E-state index in [0.717, 1.165) is 22.4 Å². The molecule has 1 atom stereocenters. The Kier molecular flexibility index (Phi) is 9.79. The van der Waals surface area contributed by atoms with Crippen molar-refractivity contribution in [2.45, 2.75) is 78.7 Å². The third kappa shape index (κ3) is 8.56. The van der Waals surface area contributed by atoms with E-state index in [4.69, 9.17) is 9.47 Å². The molecule has 0 aliphatic rings. The van der Waals surface area contributed by atoms with Crippen molar-refractivity contribution in [2.75, 3.05) is 13.2 Å². The average molecular weight is 529 g/mol. The first-order chi connectivity index (χ1) is 18.3. The van der Waals surface area contributed by atoms with E-state index >= 15 is 0 Å². The smallest absolute Gasteiger partial charge is 0.333 e. The molecule has 39 heavy (non-hydrogen) atoms. The Hall–Kier alpha value is -3.37. The minimum absolute atomic E-state index is 0.0833. The number of ether oxygens (including phenoxy) is 2. The Balaban J connectivity index is 1.67. The van der Waals surface area contributed by atoms with Crippen LogP contribution >= 0.6 is 0 Å². The van der Waals surface area contributed by atoms with Gasteiger partial charge in [-0.25, -0.2) is 4.79 Å². The molecule has 0 bridgehead atoms. The van der Waals surface area contributed by atoms with E-state index in [2.05, 4.69) is 97.0 Å². The van der Waals surface area contributed by atoms with Crippen molar-refractivity contribution < 1.29 is 19.4 Å². The first-order valence-corrected chi connectivity index (χ1v) is 13.8. The summed E-state index contributed by atoms with van der Waals surface area (Å²) in [5, 5.41) is 9.28. The molecular formula is C35H44O4. The van der Waals surface area contributed by atoms with Gasteiger partial charge in [-0.05, 0) is 81.8 Å². The highest BCUT2D eigenvalue weighted by molar-refractivity contribution is 5.73. The summed E-state index contributed by atoms with van der Waals surface area (Å²) in [5.41, 5.74) is 8.56. The predicted octanol–water partition coefficient (Wildman–Crippen LogP) is 8.46. The van der Waals surface area contributed by atoms with Crippen LogP contribution in [0.25, 0.3) is 16.7 Å². The number of benzene rings is 3. The van der Waals surface area contributed by atoms with Crippen molar-refractivity contribution in [2.24, 2.45) is 0 Å². The van der Waals surface area contributed by atoms with Crippen LogP contribution in [0.1, 0.15) is 77.6 Å². The molecule has 0 heterocycles. The zero-order valence-electron chi connectivity index (χ0n) is 24.8. The molecule has 3 aromatic rings. The summed E-state index contributed by atoms with van der Waals surface area (Å²) in [6, 6.07) is 23.3. The van der Waals surface area contributed by atoms with Crippen LogP contribution in [0, 0.1) is 0 Å². The topological polar surface area (TPSA) is 55.8 Å². The van der Waals surface area contributed by atoms with Crippen molar-refractivity contribution in [1.82, 2.24) is 0 Å². The lowest BCUT2D eigenvalue weighted by Gasteiger charge is -2.26. The van der Waals surface area contributed by atoms with Gasteiger partial charge in [0.15, 0.2) is 6.10 Å². The van der Waals surface area contributed by atoms with Crippen molar-refractivity contribution in [3.05, 3.63) is 95.1 Å². The Labute approximate surface area is 234 Å². The zero-order chi connectivity index (χ0) is 28.8. The maximum absolute atomic E-state index is 11.3. The summed E-state index contributed by atoms with van der Waals surface area (Å²) in [7, 11) is 0. The maximum Gasteiger partial charge on any atom is 0.333 e. The molecule has 1 N–H and O–H groups in total. The molecule has 3 aromatic carbocycles. The lowest BCUT2D eigenvalue weighted by atomic mass is 9.79. The minimum Gasteiger partial charge on any atom is -0.490 e. The Morgan fingerprint density at radius 2 is 1.41 bits per heavy atom. The molecule has 0 unspecified atom stereocenters. The zero-order valence-corrected chi connectivity index (χ0v) is 24.8. The third-order valence-electron chi connectivity index (χ3n) is 6.97. The van der Waals surface area contributed by atoms with Crippen molar-refractivity contribution >= 4 is 11.5 Å². The monoisotopic (exact) mass is 528 g/mol. The van der Waals surface area contributed by atoms with E-state index in [-0.39, 0.29) is 10.8 Å². The van der Waals surface area contributed by atoms with Crippen LogP contribution in [0.2, 0.25) is 0 Å². The summed E-state index contributed by atoms with van der Waals surface area (Å²) in [6.45, 7) is 18.3. The van der Waals surface area contributed by atoms with Gasteiger partial charge in [0.25, 0.3) is 0 Å². The van der Waals surface area contributed by atoms with Crippen LogP contribution in [-0.2, 0) is 26.8 Å². The molecule has 0 amide bonds. The molecule has 4 heteroatoms. The number of aliphatic carboxylic acids is 1.